The summed E-state index contributed by atoms with van der Waals surface area (Å²) >= 11 is 6.75. The Morgan fingerprint density at radius 1 is 1.07 bits per heavy atom. The molecule has 1 aliphatic rings. The molecule has 1 saturated heterocycles. The molecule has 0 N–H and O–H groups in total. The average molecular weight is 419 g/mol. The molecule has 0 radical (unpaired) electrons. The quantitative estimate of drug-likeness (QED) is 0.411. The van der Waals surface area contributed by atoms with Crippen molar-refractivity contribution in [3.05, 3.63) is 94.7 Å². The van der Waals surface area contributed by atoms with Crippen LogP contribution in [0.2, 0.25) is 0 Å². The van der Waals surface area contributed by atoms with E-state index in [9.17, 15) is 4.79 Å². The van der Waals surface area contributed by atoms with Gasteiger partial charge in [0, 0.05) is 6.20 Å². The molecule has 0 aliphatic carbocycles. The zero-order valence-electron chi connectivity index (χ0n) is 15.7. The Balaban J connectivity index is 1.45. The Hall–Kier alpha value is -2.96. The molecule has 0 saturated carbocycles. The second kappa shape index (κ2) is 8.59. The molecule has 0 atom stereocenters. The molecular weight excluding hydrogens is 400 g/mol. The highest BCUT2D eigenvalue weighted by Crippen LogP contribution is 2.36. The standard InChI is InChI=1S/C23H18N2O2S2/c1-16-5-9-19(10-6-16)25-22(26)21(29-23(25)28)14-17-7-11-20(12-8-17)27-15-18-4-2-3-13-24-18/h2-14H,15H2,1H3/b21-14+. The Bertz CT molecular complexity index is 1060. The zero-order valence-corrected chi connectivity index (χ0v) is 17.4. The Morgan fingerprint density at radius 2 is 1.83 bits per heavy atom. The lowest BCUT2D eigenvalue weighted by Gasteiger charge is -2.14. The van der Waals surface area contributed by atoms with E-state index in [2.05, 4.69) is 4.98 Å². The summed E-state index contributed by atoms with van der Waals surface area (Å²) in [5, 5.41) is 0. The lowest BCUT2D eigenvalue weighted by atomic mass is 10.2. The highest BCUT2D eigenvalue weighted by molar-refractivity contribution is 8.27. The van der Waals surface area contributed by atoms with Gasteiger partial charge in [0.1, 0.15) is 12.4 Å². The third-order valence-electron chi connectivity index (χ3n) is 4.38. The van der Waals surface area contributed by atoms with Gasteiger partial charge in [-0.15, -0.1) is 0 Å². The zero-order chi connectivity index (χ0) is 20.2. The number of hydrogen-bond acceptors (Lipinski definition) is 5. The molecule has 144 valence electrons. The maximum Gasteiger partial charge on any atom is 0.270 e. The molecular formula is C23H18N2O2S2. The second-order valence-electron chi connectivity index (χ2n) is 6.53. The number of carbonyl (C=O) groups excluding carboxylic acids is 1. The van der Waals surface area contributed by atoms with E-state index in [1.807, 2.05) is 79.7 Å². The van der Waals surface area contributed by atoms with Crippen molar-refractivity contribution in [2.75, 3.05) is 4.90 Å². The van der Waals surface area contributed by atoms with Gasteiger partial charge in [0.2, 0.25) is 0 Å². The lowest BCUT2D eigenvalue weighted by molar-refractivity contribution is -0.113. The van der Waals surface area contributed by atoms with Gasteiger partial charge in [-0.25, -0.2) is 0 Å². The number of hydrogen-bond donors (Lipinski definition) is 0. The first-order chi connectivity index (χ1) is 14.1. The van der Waals surface area contributed by atoms with Crippen molar-refractivity contribution in [3.63, 3.8) is 0 Å². The molecule has 1 fully saturated rings. The molecule has 0 bridgehead atoms. The van der Waals surface area contributed by atoms with Crippen molar-refractivity contribution in [1.82, 2.24) is 4.98 Å². The highest BCUT2D eigenvalue weighted by Gasteiger charge is 2.33. The van der Waals surface area contributed by atoms with Crippen molar-refractivity contribution >= 4 is 46.0 Å². The van der Waals surface area contributed by atoms with Crippen LogP contribution in [-0.2, 0) is 11.4 Å². The van der Waals surface area contributed by atoms with E-state index in [1.54, 1.807) is 11.1 Å². The fraction of sp³-hybridized carbons (Fsp3) is 0.0870. The van der Waals surface area contributed by atoms with E-state index >= 15 is 0 Å². The Kier molecular flexibility index (Phi) is 5.74. The fourth-order valence-corrected chi connectivity index (χ4v) is 4.14. The summed E-state index contributed by atoms with van der Waals surface area (Å²) in [6, 6.07) is 21.1. The van der Waals surface area contributed by atoms with Crippen LogP contribution in [0.25, 0.3) is 6.08 Å². The Morgan fingerprint density at radius 3 is 2.52 bits per heavy atom. The minimum absolute atomic E-state index is 0.0978. The molecule has 1 amide bonds. The van der Waals surface area contributed by atoms with Gasteiger partial charge in [-0.05, 0) is 55.0 Å². The van der Waals surface area contributed by atoms with E-state index in [4.69, 9.17) is 17.0 Å². The minimum Gasteiger partial charge on any atom is -0.487 e. The highest BCUT2D eigenvalue weighted by atomic mass is 32.2. The first kappa shape index (κ1) is 19.4. The van der Waals surface area contributed by atoms with Crippen LogP contribution in [0.4, 0.5) is 5.69 Å². The summed E-state index contributed by atoms with van der Waals surface area (Å²) < 4.78 is 6.30. The molecule has 3 aromatic rings. The summed E-state index contributed by atoms with van der Waals surface area (Å²) in [5.74, 6) is 0.652. The number of rotatable bonds is 5. The van der Waals surface area contributed by atoms with Crippen LogP contribution in [-0.4, -0.2) is 15.2 Å². The number of nitrogens with zero attached hydrogens (tertiary/aromatic N) is 2. The molecule has 2 heterocycles. The number of benzene rings is 2. The molecule has 4 rings (SSSR count). The van der Waals surface area contributed by atoms with Gasteiger partial charge in [0.15, 0.2) is 4.32 Å². The van der Waals surface area contributed by atoms with Crippen LogP contribution in [0, 0.1) is 6.92 Å². The van der Waals surface area contributed by atoms with E-state index in [0.717, 1.165) is 28.3 Å². The van der Waals surface area contributed by atoms with Crippen LogP contribution in [0.3, 0.4) is 0 Å². The first-order valence-corrected chi connectivity index (χ1v) is 10.3. The molecule has 2 aromatic carbocycles. The van der Waals surface area contributed by atoms with Crippen LogP contribution < -0.4 is 9.64 Å². The SMILES string of the molecule is Cc1ccc(N2C(=O)/C(=C\c3ccc(OCc4ccccn4)cc3)SC2=S)cc1. The third-order valence-corrected chi connectivity index (χ3v) is 5.68. The van der Waals surface area contributed by atoms with E-state index < -0.39 is 0 Å². The number of pyridine rings is 1. The fourth-order valence-electron chi connectivity index (χ4n) is 2.84. The number of ether oxygens (including phenoxy) is 1. The summed E-state index contributed by atoms with van der Waals surface area (Å²) in [6.45, 7) is 2.42. The van der Waals surface area contributed by atoms with Gasteiger partial charge < -0.3 is 4.74 Å². The largest absolute Gasteiger partial charge is 0.487 e. The normalized spacial score (nSPS) is 15.2. The van der Waals surface area contributed by atoms with Gasteiger partial charge in [-0.3, -0.25) is 14.7 Å². The van der Waals surface area contributed by atoms with Crippen LogP contribution in [0.15, 0.2) is 77.8 Å². The first-order valence-electron chi connectivity index (χ1n) is 9.07. The van der Waals surface area contributed by atoms with E-state index in [0.29, 0.717) is 15.8 Å². The average Bonchev–Trinajstić information content (AvgIpc) is 3.02. The maximum atomic E-state index is 12.8. The molecule has 0 unspecified atom stereocenters. The maximum absolute atomic E-state index is 12.8. The number of aromatic nitrogens is 1. The molecule has 6 heteroatoms. The van der Waals surface area contributed by atoms with Crippen molar-refractivity contribution < 1.29 is 9.53 Å². The van der Waals surface area contributed by atoms with Gasteiger partial charge >= 0.3 is 0 Å². The van der Waals surface area contributed by atoms with Crippen LogP contribution in [0.5, 0.6) is 5.75 Å². The molecule has 29 heavy (non-hydrogen) atoms. The van der Waals surface area contributed by atoms with Crippen molar-refractivity contribution in [3.8, 4) is 5.75 Å². The second-order valence-corrected chi connectivity index (χ2v) is 8.21. The number of carbonyl (C=O) groups is 1. The van der Waals surface area contributed by atoms with Gasteiger partial charge in [-0.2, -0.15) is 0 Å². The predicted molar refractivity (Wildman–Crippen MR) is 122 cm³/mol. The van der Waals surface area contributed by atoms with Gasteiger partial charge in [0.05, 0.1) is 16.3 Å². The predicted octanol–water partition coefficient (Wildman–Crippen LogP) is 5.37. The third kappa shape index (κ3) is 4.55. The smallest absolute Gasteiger partial charge is 0.270 e. The Labute approximate surface area is 179 Å². The summed E-state index contributed by atoms with van der Waals surface area (Å²) in [6.07, 6.45) is 3.60. The van der Waals surface area contributed by atoms with Crippen LogP contribution >= 0.6 is 24.0 Å². The number of amides is 1. The summed E-state index contributed by atoms with van der Waals surface area (Å²) in [5.41, 5.74) is 3.72. The number of anilines is 1. The van der Waals surface area contributed by atoms with Crippen molar-refractivity contribution in [2.24, 2.45) is 0 Å². The summed E-state index contributed by atoms with van der Waals surface area (Å²) in [7, 11) is 0. The molecule has 0 spiro atoms. The van der Waals surface area contributed by atoms with Crippen molar-refractivity contribution in [1.29, 1.82) is 0 Å². The number of thiocarbonyl (C=S) groups is 1. The molecule has 1 aromatic heterocycles. The monoisotopic (exact) mass is 418 g/mol. The molecule has 4 nitrogen and oxygen atoms in total. The van der Waals surface area contributed by atoms with Crippen molar-refractivity contribution in [2.45, 2.75) is 13.5 Å². The number of aryl methyl sites for hydroxylation is 1. The van der Waals surface area contributed by atoms with E-state index in [-0.39, 0.29) is 5.91 Å². The molecule has 1 aliphatic heterocycles. The topological polar surface area (TPSA) is 42.4 Å². The number of thioether (sulfide) groups is 1. The minimum atomic E-state index is -0.0978. The summed E-state index contributed by atoms with van der Waals surface area (Å²) in [4.78, 5) is 19.3. The van der Waals surface area contributed by atoms with Crippen LogP contribution in [0.1, 0.15) is 16.8 Å². The van der Waals surface area contributed by atoms with E-state index in [1.165, 1.54) is 11.8 Å². The van der Waals surface area contributed by atoms with Gasteiger partial charge in [-0.1, -0.05) is 59.9 Å². The van der Waals surface area contributed by atoms with Gasteiger partial charge in [0.25, 0.3) is 5.91 Å². The lowest BCUT2D eigenvalue weighted by Crippen LogP contribution is -2.27.